The van der Waals surface area contributed by atoms with Crippen molar-refractivity contribution in [3.8, 4) is 0 Å². The standard InChI is InChI=1S/C8H13N3O2/c1-4-7-6(5-11(2)9-7)8(12)10-13-3/h5H,4H2,1-3H3,(H,10,12). The predicted octanol–water partition coefficient (Wildman–Crippen LogP) is 0.274. The molecule has 0 spiro atoms. The fourth-order valence-corrected chi connectivity index (χ4v) is 1.13. The van der Waals surface area contributed by atoms with Crippen LogP contribution in [0.5, 0.6) is 0 Å². The zero-order valence-electron chi connectivity index (χ0n) is 8.00. The minimum absolute atomic E-state index is 0.257. The van der Waals surface area contributed by atoms with E-state index in [9.17, 15) is 4.79 Å². The Morgan fingerprint density at radius 3 is 3.00 bits per heavy atom. The Morgan fingerprint density at radius 2 is 2.46 bits per heavy atom. The number of carbonyl (C=O) groups excluding carboxylic acids is 1. The zero-order valence-corrected chi connectivity index (χ0v) is 8.00. The molecule has 0 radical (unpaired) electrons. The summed E-state index contributed by atoms with van der Waals surface area (Å²) in [7, 11) is 3.18. The molecule has 13 heavy (non-hydrogen) atoms. The first kappa shape index (κ1) is 9.73. The lowest BCUT2D eigenvalue weighted by Crippen LogP contribution is -2.22. The molecule has 5 nitrogen and oxygen atoms in total. The molecule has 0 aromatic carbocycles. The zero-order chi connectivity index (χ0) is 9.84. The molecule has 0 aliphatic rings. The summed E-state index contributed by atoms with van der Waals surface area (Å²) < 4.78 is 1.61. The highest BCUT2D eigenvalue weighted by Crippen LogP contribution is 2.06. The highest BCUT2D eigenvalue weighted by molar-refractivity contribution is 5.94. The van der Waals surface area contributed by atoms with Crippen LogP contribution >= 0.6 is 0 Å². The molecular weight excluding hydrogens is 170 g/mol. The molecule has 5 heteroatoms. The molecule has 0 aliphatic heterocycles. The minimum atomic E-state index is -0.257. The number of amides is 1. The first-order valence-electron chi connectivity index (χ1n) is 4.04. The number of hydrogen-bond donors (Lipinski definition) is 1. The summed E-state index contributed by atoms with van der Waals surface area (Å²) in [5, 5.41) is 4.13. The van der Waals surface area contributed by atoms with Crippen LogP contribution in [-0.2, 0) is 18.3 Å². The maximum absolute atomic E-state index is 11.3. The quantitative estimate of drug-likeness (QED) is 0.684. The van der Waals surface area contributed by atoms with Crippen molar-refractivity contribution in [1.29, 1.82) is 0 Å². The van der Waals surface area contributed by atoms with E-state index in [4.69, 9.17) is 0 Å². The van der Waals surface area contributed by atoms with E-state index in [2.05, 4.69) is 15.4 Å². The summed E-state index contributed by atoms with van der Waals surface area (Å²) in [5.41, 5.74) is 3.59. The summed E-state index contributed by atoms with van der Waals surface area (Å²) in [6.45, 7) is 1.95. The van der Waals surface area contributed by atoms with Gasteiger partial charge in [0.05, 0.1) is 18.4 Å². The van der Waals surface area contributed by atoms with Crippen LogP contribution in [0.4, 0.5) is 0 Å². The van der Waals surface area contributed by atoms with Crippen LogP contribution in [0, 0.1) is 0 Å². The maximum Gasteiger partial charge on any atom is 0.278 e. The molecule has 72 valence electrons. The van der Waals surface area contributed by atoms with Gasteiger partial charge >= 0.3 is 0 Å². The molecule has 0 fully saturated rings. The van der Waals surface area contributed by atoms with Crippen LogP contribution < -0.4 is 5.48 Å². The number of rotatable bonds is 3. The number of aromatic nitrogens is 2. The summed E-state index contributed by atoms with van der Waals surface area (Å²) >= 11 is 0. The third-order valence-electron chi connectivity index (χ3n) is 1.68. The average Bonchev–Trinajstić information content (AvgIpc) is 2.47. The van der Waals surface area contributed by atoms with Crippen LogP contribution in [0.1, 0.15) is 23.0 Å². The summed E-state index contributed by atoms with van der Waals surface area (Å²) in [6.07, 6.45) is 2.40. The van der Waals surface area contributed by atoms with Gasteiger partial charge in [0.25, 0.3) is 5.91 Å². The van der Waals surface area contributed by atoms with Gasteiger partial charge < -0.3 is 0 Å². The predicted molar refractivity (Wildman–Crippen MR) is 47.1 cm³/mol. The molecule has 1 N–H and O–H groups in total. The largest absolute Gasteiger partial charge is 0.278 e. The van der Waals surface area contributed by atoms with Gasteiger partial charge in [-0.25, -0.2) is 5.48 Å². The monoisotopic (exact) mass is 183 g/mol. The normalized spacial score (nSPS) is 10.1. The second-order valence-electron chi connectivity index (χ2n) is 2.65. The van der Waals surface area contributed by atoms with Gasteiger partial charge in [-0.15, -0.1) is 0 Å². The Morgan fingerprint density at radius 1 is 1.77 bits per heavy atom. The lowest BCUT2D eigenvalue weighted by Gasteiger charge is -1.99. The van der Waals surface area contributed by atoms with Crippen LogP contribution in [0.15, 0.2) is 6.20 Å². The molecular formula is C8H13N3O2. The Labute approximate surface area is 76.6 Å². The van der Waals surface area contributed by atoms with Crippen LogP contribution in [0.2, 0.25) is 0 Å². The molecule has 1 aromatic rings. The minimum Gasteiger partial charge on any atom is -0.277 e. The van der Waals surface area contributed by atoms with Gasteiger partial charge in [0, 0.05) is 13.2 Å². The van der Waals surface area contributed by atoms with Crippen molar-refractivity contribution in [3.05, 3.63) is 17.5 Å². The molecule has 0 saturated heterocycles. The van der Waals surface area contributed by atoms with Crippen molar-refractivity contribution in [2.24, 2.45) is 7.05 Å². The first-order chi connectivity index (χ1) is 6.19. The third-order valence-corrected chi connectivity index (χ3v) is 1.68. The van der Waals surface area contributed by atoms with Crippen LogP contribution in [-0.4, -0.2) is 22.8 Å². The summed E-state index contributed by atoms with van der Waals surface area (Å²) in [4.78, 5) is 15.9. The van der Waals surface area contributed by atoms with Gasteiger partial charge in [0.2, 0.25) is 0 Å². The van der Waals surface area contributed by atoms with Gasteiger partial charge in [-0.2, -0.15) is 5.10 Å². The first-order valence-corrected chi connectivity index (χ1v) is 4.04. The Bertz CT molecular complexity index is 306. The summed E-state index contributed by atoms with van der Waals surface area (Å²) in [5.74, 6) is -0.257. The highest BCUT2D eigenvalue weighted by atomic mass is 16.6. The molecule has 1 amide bonds. The van der Waals surface area contributed by atoms with Gasteiger partial charge in [-0.1, -0.05) is 6.92 Å². The molecule has 0 atom stereocenters. The number of nitrogens with one attached hydrogen (secondary N) is 1. The smallest absolute Gasteiger partial charge is 0.277 e. The fourth-order valence-electron chi connectivity index (χ4n) is 1.13. The number of hydroxylamine groups is 1. The van der Waals surface area contributed by atoms with Gasteiger partial charge in [0.15, 0.2) is 0 Å². The topological polar surface area (TPSA) is 56.2 Å². The van der Waals surface area contributed by atoms with E-state index in [-0.39, 0.29) is 5.91 Å². The van der Waals surface area contributed by atoms with Crippen molar-refractivity contribution >= 4 is 5.91 Å². The van der Waals surface area contributed by atoms with Crippen LogP contribution in [0.25, 0.3) is 0 Å². The van der Waals surface area contributed by atoms with E-state index in [0.717, 1.165) is 12.1 Å². The van der Waals surface area contributed by atoms with Crippen molar-refractivity contribution in [2.75, 3.05) is 7.11 Å². The molecule has 0 aliphatic carbocycles. The number of hydrogen-bond acceptors (Lipinski definition) is 3. The van der Waals surface area contributed by atoms with E-state index in [1.807, 2.05) is 6.92 Å². The van der Waals surface area contributed by atoms with Crippen molar-refractivity contribution in [2.45, 2.75) is 13.3 Å². The van der Waals surface area contributed by atoms with Gasteiger partial charge in [0.1, 0.15) is 0 Å². The lowest BCUT2D eigenvalue weighted by atomic mass is 10.2. The van der Waals surface area contributed by atoms with Gasteiger partial charge in [-0.05, 0) is 6.42 Å². The van der Waals surface area contributed by atoms with E-state index in [1.54, 1.807) is 17.9 Å². The fraction of sp³-hybridized carbons (Fsp3) is 0.500. The average molecular weight is 183 g/mol. The van der Waals surface area contributed by atoms with E-state index in [1.165, 1.54) is 7.11 Å². The second kappa shape index (κ2) is 4.04. The van der Waals surface area contributed by atoms with Crippen molar-refractivity contribution < 1.29 is 9.63 Å². The maximum atomic E-state index is 11.3. The van der Waals surface area contributed by atoms with Gasteiger partial charge in [-0.3, -0.25) is 14.3 Å². The number of aryl methyl sites for hydroxylation is 2. The van der Waals surface area contributed by atoms with Crippen molar-refractivity contribution in [1.82, 2.24) is 15.3 Å². The SMILES string of the molecule is CCc1nn(C)cc1C(=O)NOC. The molecule has 0 saturated carbocycles. The van der Waals surface area contributed by atoms with E-state index in [0.29, 0.717) is 5.56 Å². The molecule has 0 unspecified atom stereocenters. The van der Waals surface area contributed by atoms with E-state index >= 15 is 0 Å². The number of nitrogens with zero attached hydrogens (tertiary/aromatic N) is 2. The number of carbonyl (C=O) groups is 1. The summed E-state index contributed by atoms with van der Waals surface area (Å²) in [6, 6.07) is 0. The molecule has 1 heterocycles. The Hall–Kier alpha value is -1.36. The molecule has 1 rings (SSSR count). The molecule has 1 aromatic heterocycles. The lowest BCUT2D eigenvalue weighted by molar-refractivity contribution is 0.0536. The van der Waals surface area contributed by atoms with Crippen LogP contribution in [0.3, 0.4) is 0 Å². The highest BCUT2D eigenvalue weighted by Gasteiger charge is 2.13. The Kier molecular flexibility index (Phi) is 3.02. The molecule has 0 bridgehead atoms. The Balaban J connectivity index is 2.91. The van der Waals surface area contributed by atoms with Crippen molar-refractivity contribution in [3.63, 3.8) is 0 Å². The van der Waals surface area contributed by atoms with E-state index < -0.39 is 0 Å². The second-order valence-corrected chi connectivity index (χ2v) is 2.65. The third kappa shape index (κ3) is 2.06.